The molecule has 3 unspecified atom stereocenters. The van der Waals surface area contributed by atoms with Gasteiger partial charge in [-0.2, -0.15) is 0 Å². The summed E-state index contributed by atoms with van der Waals surface area (Å²) >= 11 is 0. The standard InChI is InChI=1S/C15H27N3O2/c1-11(2)6-14-16-7-15(19)18(14)9-13-8-17-5-3-4-12(17)10-20-13/h11-14,16H,3-10H2,1-2H3. The zero-order chi connectivity index (χ0) is 14.1. The van der Waals surface area contributed by atoms with Gasteiger partial charge in [0.2, 0.25) is 5.91 Å². The molecule has 3 saturated heterocycles. The molecule has 5 heteroatoms. The molecule has 3 heterocycles. The van der Waals surface area contributed by atoms with Gasteiger partial charge in [0.15, 0.2) is 0 Å². The molecular weight excluding hydrogens is 254 g/mol. The fraction of sp³-hybridized carbons (Fsp3) is 0.933. The van der Waals surface area contributed by atoms with Crippen LogP contribution in [0.5, 0.6) is 0 Å². The molecule has 5 nitrogen and oxygen atoms in total. The fourth-order valence-electron chi connectivity index (χ4n) is 3.69. The lowest BCUT2D eigenvalue weighted by molar-refractivity contribution is -0.132. The number of ether oxygens (including phenoxy) is 1. The number of carbonyl (C=O) groups excluding carboxylic acids is 1. The van der Waals surface area contributed by atoms with Gasteiger partial charge in [-0.15, -0.1) is 0 Å². The number of carbonyl (C=O) groups is 1. The van der Waals surface area contributed by atoms with Crippen molar-refractivity contribution in [3.8, 4) is 0 Å². The van der Waals surface area contributed by atoms with Crippen LogP contribution in [0.3, 0.4) is 0 Å². The summed E-state index contributed by atoms with van der Waals surface area (Å²) in [5, 5.41) is 3.33. The third kappa shape index (κ3) is 3.00. The van der Waals surface area contributed by atoms with E-state index in [4.69, 9.17) is 4.74 Å². The Morgan fingerprint density at radius 2 is 2.30 bits per heavy atom. The molecule has 0 aromatic heterocycles. The van der Waals surface area contributed by atoms with Crippen LogP contribution in [0, 0.1) is 5.92 Å². The van der Waals surface area contributed by atoms with E-state index < -0.39 is 0 Å². The number of amides is 1. The second kappa shape index (κ2) is 6.00. The monoisotopic (exact) mass is 281 g/mol. The van der Waals surface area contributed by atoms with Gasteiger partial charge < -0.3 is 9.64 Å². The SMILES string of the molecule is CC(C)CC1NCC(=O)N1CC1CN2CCCC2CO1. The maximum atomic E-state index is 12.1. The van der Waals surface area contributed by atoms with Crippen LogP contribution in [-0.2, 0) is 9.53 Å². The van der Waals surface area contributed by atoms with E-state index in [1.807, 2.05) is 4.90 Å². The second-order valence-corrected chi connectivity index (χ2v) is 6.82. The van der Waals surface area contributed by atoms with Crippen molar-refractivity contribution in [1.29, 1.82) is 0 Å². The largest absolute Gasteiger partial charge is 0.373 e. The van der Waals surface area contributed by atoms with Crippen LogP contribution in [0.2, 0.25) is 0 Å². The van der Waals surface area contributed by atoms with E-state index >= 15 is 0 Å². The lowest BCUT2D eigenvalue weighted by Crippen LogP contribution is -2.52. The fourth-order valence-corrected chi connectivity index (χ4v) is 3.69. The topological polar surface area (TPSA) is 44.8 Å². The quantitative estimate of drug-likeness (QED) is 0.822. The Balaban J connectivity index is 1.56. The van der Waals surface area contributed by atoms with Gasteiger partial charge in [-0.3, -0.25) is 15.0 Å². The summed E-state index contributed by atoms with van der Waals surface area (Å²) in [6.45, 7) is 8.66. The smallest absolute Gasteiger partial charge is 0.237 e. The number of nitrogens with one attached hydrogen (secondary N) is 1. The highest BCUT2D eigenvalue weighted by Crippen LogP contribution is 2.24. The molecule has 0 saturated carbocycles. The van der Waals surface area contributed by atoms with Gasteiger partial charge in [-0.25, -0.2) is 0 Å². The van der Waals surface area contributed by atoms with E-state index in [2.05, 4.69) is 24.1 Å². The first-order valence-electron chi connectivity index (χ1n) is 8.02. The van der Waals surface area contributed by atoms with Crippen LogP contribution >= 0.6 is 0 Å². The average molecular weight is 281 g/mol. The molecule has 0 aromatic carbocycles. The molecule has 0 aliphatic carbocycles. The first-order valence-corrected chi connectivity index (χ1v) is 8.02. The molecule has 0 spiro atoms. The van der Waals surface area contributed by atoms with Gasteiger partial charge >= 0.3 is 0 Å². The first-order chi connectivity index (χ1) is 9.63. The minimum Gasteiger partial charge on any atom is -0.373 e. The summed E-state index contributed by atoms with van der Waals surface area (Å²) in [6.07, 6.45) is 3.96. The Hall–Kier alpha value is -0.650. The Labute approximate surface area is 121 Å². The summed E-state index contributed by atoms with van der Waals surface area (Å²) in [5.41, 5.74) is 0. The van der Waals surface area contributed by atoms with Crippen molar-refractivity contribution in [1.82, 2.24) is 15.1 Å². The van der Waals surface area contributed by atoms with Crippen molar-refractivity contribution in [3.05, 3.63) is 0 Å². The van der Waals surface area contributed by atoms with E-state index in [-0.39, 0.29) is 18.2 Å². The number of morpholine rings is 1. The summed E-state index contributed by atoms with van der Waals surface area (Å²) in [7, 11) is 0. The minimum absolute atomic E-state index is 0.183. The van der Waals surface area contributed by atoms with Crippen molar-refractivity contribution < 1.29 is 9.53 Å². The van der Waals surface area contributed by atoms with Crippen LogP contribution in [-0.4, -0.2) is 66.8 Å². The lowest BCUT2D eigenvalue weighted by Gasteiger charge is -2.38. The molecule has 1 amide bonds. The highest BCUT2D eigenvalue weighted by atomic mass is 16.5. The van der Waals surface area contributed by atoms with Crippen molar-refractivity contribution in [2.45, 2.75) is 51.4 Å². The number of rotatable bonds is 4. The van der Waals surface area contributed by atoms with Gasteiger partial charge in [0, 0.05) is 19.1 Å². The molecule has 3 rings (SSSR count). The van der Waals surface area contributed by atoms with Crippen molar-refractivity contribution in [3.63, 3.8) is 0 Å². The van der Waals surface area contributed by atoms with Crippen molar-refractivity contribution in [2.24, 2.45) is 5.92 Å². The van der Waals surface area contributed by atoms with E-state index in [0.717, 1.165) is 26.1 Å². The Morgan fingerprint density at radius 1 is 1.45 bits per heavy atom. The highest BCUT2D eigenvalue weighted by Gasteiger charge is 2.37. The maximum absolute atomic E-state index is 12.1. The molecule has 3 atom stereocenters. The van der Waals surface area contributed by atoms with Crippen molar-refractivity contribution in [2.75, 3.05) is 32.8 Å². The van der Waals surface area contributed by atoms with Gasteiger partial charge in [-0.1, -0.05) is 13.8 Å². The zero-order valence-electron chi connectivity index (χ0n) is 12.7. The van der Waals surface area contributed by atoms with Gasteiger partial charge in [0.05, 0.1) is 25.4 Å². The number of hydrogen-bond donors (Lipinski definition) is 1. The molecule has 114 valence electrons. The summed E-state index contributed by atoms with van der Waals surface area (Å²) in [5.74, 6) is 0.818. The molecule has 3 fully saturated rings. The molecule has 0 bridgehead atoms. The number of fused-ring (bicyclic) bond motifs is 1. The zero-order valence-corrected chi connectivity index (χ0v) is 12.7. The Bertz CT molecular complexity index is 361. The van der Waals surface area contributed by atoms with Crippen LogP contribution in [0.4, 0.5) is 0 Å². The molecule has 3 aliphatic heterocycles. The van der Waals surface area contributed by atoms with Crippen LogP contribution in [0.15, 0.2) is 0 Å². The van der Waals surface area contributed by atoms with Crippen molar-refractivity contribution >= 4 is 5.91 Å². The Kier molecular flexibility index (Phi) is 4.29. The summed E-state index contributed by atoms with van der Waals surface area (Å²) in [4.78, 5) is 16.6. The van der Waals surface area contributed by atoms with Crippen LogP contribution in [0.1, 0.15) is 33.1 Å². The van der Waals surface area contributed by atoms with E-state index in [1.54, 1.807) is 0 Å². The predicted molar refractivity (Wildman–Crippen MR) is 77.3 cm³/mol. The normalized spacial score (nSPS) is 35.0. The molecular formula is C15H27N3O2. The van der Waals surface area contributed by atoms with E-state index in [1.165, 1.54) is 19.4 Å². The minimum atomic E-state index is 0.183. The molecule has 1 N–H and O–H groups in total. The van der Waals surface area contributed by atoms with Crippen LogP contribution < -0.4 is 5.32 Å². The predicted octanol–water partition coefficient (Wildman–Crippen LogP) is 0.654. The third-order valence-electron chi connectivity index (χ3n) is 4.74. The first kappa shape index (κ1) is 14.3. The van der Waals surface area contributed by atoms with Gasteiger partial charge in [-0.05, 0) is 31.7 Å². The number of nitrogens with zero attached hydrogens (tertiary/aromatic N) is 2. The second-order valence-electron chi connectivity index (χ2n) is 6.82. The van der Waals surface area contributed by atoms with Gasteiger partial charge in [0.1, 0.15) is 0 Å². The number of hydrogen-bond acceptors (Lipinski definition) is 4. The van der Waals surface area contributed by atoms with E-state index in [9.17, 15) is 4.79 Å². The van der Waals surface area contributed by atoms with Gasteiger partial charge in [0.25, 0.3) is 0 Å². The average Bonchev–Trinajstić information content (AvgIpc) is 2.99. The lowest BCUT2D eigenvalue weighted by atomic mass is 10.1. The maximum Gasteiger partial charge on any atom is 0.237 e. The molecule has 3 aliphatic rings. The Morgan fingerprint density at radius 3 is 3.10 bits per heavy atom. The third-order valence-corrected chi connectivity index (χ3v) is 4.74. The van der Waals surface area contributed by atoms with Crippen LogP contribution in [0.25, 0.3) is 0 Å². The highest BCUT2D eigenvalue weighted by molar-refractivity contribution is 5.80. The summed E-state index contributed by atoms with van der Waals surface area (Å²) in [6, 6.07) is 0.630. The molecule has 20 heavy (non-hydrogen) atoms. The molecule has 0 aromatic rings. The summed E-state index contributed by atoms with van der Waals surface area (Å²) < 4.78 is 5.99. The molecule has 0 radical (unpaired) electrons. The van der Waals surface area contributed by atoms with E-state index in [0.29, 0.717) is 18.5 Å².